The third kappa shape index (κ3) is 5.26. The number of carbonyl (C=O) groups excluding carboxylic acids is 3. The molecule has 2 aliphatic rings. The van der Waals surface area contributed by atoms with Crippen LogP contribution in [0.15, 0.2) is 65.8 Å². The molecule has 2 aromatic carbocycles. The number of para-hydroxylation sites is 1. The summed E-state index contributed by atoms with van der Waals surface area (Å²) in [6.45, 7) is 3.65. The Labute approximate surface area is 211 Å². The van der Waals surface area contributed by atoms with Crippen molar-refractivity contribution >= 4 is 23.4 Å². The maximum atomic E-state index is 13.8. The van der Waals surface area contributed by atoms with E-state index in [0.29, 0.717) is 25.1 Å². The lowest BCUT2D eigenvalue weighted by Crippen LogP contribution is -2.62. The van der Waals surface area contributed by atoms with Crippen LogP contribution in [0.3, 0.4) is 0 Å². The van der Waals surface area contributed by atoms with Gasteiger partial charge in [-0.25, -0.2) is 5.01 Å². The fraction of sp³-hybridized carbons (Fsp3) is 0.407. The van der Waals surface area contributed by atoms with Gasteiger partial charge in [0, 0.05) is 26.6 Å². The Morgan fingerprint density at radius 2 is 1.78 bits per heavy atom. The number of nitrogens with two attached hydrogens (primary N) is 1. The summed E-state index contributed by atoms with van der Waals surface area (Å²) >= 11 is 0. The average Bonchev–Trinajstić information content (AvgIpc) is 3.10. The number of rotatable bonds is 8. The van der Waals surface area contributed by atoms with Crippen LogP contribution in [-0.4, -0.2) is 71.7 Å². The number of fused-ring (bicyclic) bond motifs is 1. The zero-order valence-electron chi connectivity index (χ0n) is 20.9. The molecular formula is C27H33N5O4. The van der Waals surface area contributed by atoms with Crippen molar-refractivity contribution in [3.8, 4) is 5.75 Å². The van der Waals surface area contributed by atoms with Crippen LogP contribution < -0.4 is 15.8 Å². The van der Waals surface area contributed by atoms with Crippen molar-refractivity contribution in [2.24, 2.45) is 16.3 Å². The largest absolute Gasteiger partial charge is 0.491 e. The lowest BCUT2D eigenvalue weighted by atomic mass is 9.73. The second-order valence-electron chi connectivity index (χ2n) is 10.0. The highest BCUT2D eigenvalue weighted by atomic mass is 16.5. The molecule has 36 heavy (non-hydrogen) atoms. The van der Waals surface area contributed by atoms with Gasteiger partial charge in [-0.1, -0.05) is 48.5 Å². The standard InChI is InChI=1S/C27H33N5O4/c1-26(2,28)24(34)29-21(17-36-20-12-8-5-9-13-20)23(33)32-15-14-22-27(18-32,25(35)31(3)30-22)16-19-10-6-4-7-11-19/h4-13,21H,14-18,28H2,1-3H3,(H,29,34)/t21-,27-/m1/s1. The molecule has 190 valence electrons. The van der Waals surface area contributed by atoms with Gasteiger partial charge >= 0.3 is 0 Å². The normalized spacial score (nSPS) is 20.4. The van der Waals surface area contributed by atoms with Crippen molar-refractivity contribution < 1.29 is 19.1 Å². The number of nitrogens with one attached hydrogen (secondary N) is 1. The van der Waals surface area contributed by atoms with Crippen molar-refractivity contribution in [1.82, 2.24) is 15.2 Å². The first kappa shape index (κ1) is 25.4. The SMILES string of the molecule is CN1N=C2CCN(C(=O)[C@@H](COc3ccccc3)NC(=O)C(C)(C)N)C[C@@]2(Cc2ccccc2)C1=O. The molecule has 0 unspecified atom stereocenters. The maximum absolute atomic E-state index is 13.8. The number of hydrogen-bond acceptors (Lipinski definition) is 6. The molecule has 2 aliphatic heterocycles. The highest BCUT2D eigenvalue weighted by Gasteiger charge is 2.54. The van der Waals surface area contributed by atoms with Gasteiger partial charge in [-0.15, -0.1) is 0 Å². The predicted octanol–water partition coefficient (Wildman–Crippen LogP) is 1.58. The van der Waals surface area contributed by atoms with Gasteiger partial charge in [-0.2, -0.15) is 5.10 Å². The zero-order chi connectivity index (χ0) is 25.9. The summed E-state index contributed by atoms with van der Waals surface area (Å²) in [4.78, 5) is 41.5. The minimum absolute atomic E-state index is 0.0678. The monoisotopic (exact) mass is 491 g/mol. The molecule has 2 atom stereocenters. The van der Waals surface area contributed by atoms with E-state index in [1.807, 2.05) is 48.5 Å². The van der Waals surface area contributed by atoms with Gasteiger partial charge < -0.3 is 20.7 Å². The molecular weight excluding hydrogens is 458 g/mol. The third-order valence-electron chi connectivity index (χ3n) is 6.61. The molecule has 0 aliphatic carbocycles. The molecule has 1 saturated heterocycles. The van der Waals surface area contributed by atoms with Crippen LogP contribution in [0.25, 0.3) is 0 Å². The van der Waals surface area contributed by atoms with Gasteiger partial charge in [-0.3, -0.25) is 14.4 Å². The highest BCUT2D eigenvalue weighted by Crippen LogP contribution is 2.38. The van der Waals surface area contributed by atoms with Crippen molar-refractivity contribution in [3.63, 3.8) is 0 Å². The Morgan fingerprint density at radius 3 is 2.42 bits per heavy atom. The Balaban J connectivity index is 1.58. The number of carbonyl (C=O) groups is 3. The molecule has 0 radical (unpaired) electrons. The summed E-state index contributed by atoms with van der Waals surface area (Å²) in [5.41, 5.74) is 5.64. The summed E-state index contributed by atoms with van der Waals surface area (Å²) in [7, 11) is 1.65. The Bertz CT molecular complexity index is 1150. The van der Waals surface area contributed by atoms with Crippen LogP contribution in [-0.2, 0) is 20.8 Å². The van der Waals surface area contributed by atoms with Gasteiger partial charge in [0.1, 0.15) is 23.8 Å². The minimum Gasteiger partial charge on any atom is -0.491 e. The molecule has 0 saturated carbocycles. The number of ether oxygens (including phenoxy) is 1. The van der Waals surface area contributed by atoms with Crippen LogP contribution in [0.5, 0.6) is 5.75 Å². The van der Waals surface area contributed by atoms with E-state index in [4.69, 9.17) is 10.5 Å². The molecule has 9 nitrogen and oxygen atoms in total. The molecule has 3 N–H and O–H groups in total. The number of hydrogen-bond donors (Lipinski definition) is 2. The molecule has 2 heterocycles. The number of benzene rings is 2. The lowest BCUT2D eigenvalue weighted by Gasteiger charge is -2.40. The fourth-order valence-electron chi connectivity index (χ4n) is 4.65. The molecule has 0 spiro atoms. The number of likely N-dealkylation sites (tertiary alicyclic amines) is 1. The summed E-state index contributed by atoms with van der Waals surface area (Å²) in [6, 6.07) is 17.8. The van der Waals surface area contributed by atoms with E-state index in [1.165, 1.54) is 5.01 Å². The first-order chi connectivity index (χ1) is 17.1. The van der Waals surface area contributed by atoms with Gasteiger partial charge in [-0.05, 0) is 38.0 Å². The average molecular weight is 492 g/mol. The fourth-order valence-corrected chi connectivity index (χ4v) is 4.65. The molecule has 4 rings (SSSR count). The first-order valence-corrected chi connectivity index (χ1v) is 12.1. The predicted molar refractivity (Wildman–Crippen MR) is 136 cm³/mol. The van der Waals surface area contributed by atoms with E-state index < -0.39 is 22.9 Å². The minimum atomic E-state index is -1.17. The van der Waals surface area contributed by atoms with Gasteiger partial charge in [0.2, 0.25) is 11.8 Å². The summed E-state index contributed by atoms with van der Waals surface area (Å²) < 4.78 is 5.84. The summed E-state index contributed by atoms with van der Waals surface area (Å²) in [5.74, 6) is -0.342. The molecule has 2 aromatic rings. The first-order valence-electron chi connectivity index (χ1n) is 12.1. The van der Waals surface area contributed by atoms with Crippen molar-refractivity contribution in [1.29, 1.82) is 0 Å². The van der Waals surface area contributed by atoms with Gasteiger partial charge in [0.05, 0.1) is 11.3 Å². The summed E-state index contributed by atoms with van der Waals surface area (Å²) in [5, 5.41) is 8.64. The van der Waals surface area contributed by atoms with Crippen molar-refractivity contribution in [3.05, 3.63) is 66.2 Å². The van der Waals surface area contributed by atoms with Crippen molar-refractivity contribution in [2.75, 3.05) is 26.7 Å². The van der Waals surface area contributed by atoms with Gasteiger partial charge in [0.15, 0.2) is 0 Å². The van der Waals surface area contributed by atoms with E-state index >= 15 is 0 Å². The molecule has 0 bridgehead atoms. The Kier molecular flexibility index (Phi) is 7.12. The second-order valence-corrected chi connectivity index (χ2v) is 10.0. The zero-order valence-corrected chi connectivity index (χ0v) is 20.9. The number of nitrogens with zero attached hydrogens (tertiary/aromatic N) is 3. The van der Waals surface area contributed by atoms with E-state index in [9.17, 15) is 14.4 Å². The van der Waals surface area contributed by atoms with Crippen molar-refractivity contribution in [2.45, 2.75) is 38.3 Å². The second kappa shape index (κ2) is 10.1. The Morgan fingerprint density at radius 1 is 1.14 bits per heavy atom. The van der Waals surface area contributed by atoms with Crippen LogP contribution >= 0.6 is 0 Å². The van der Waals surface area contributed by atoms with Crippen LogP contribution in [0, 0.1) is 5.41 Å². The van der Waals surface area contributed by atoms with Crippen LogP contribution in [0.2, 0.25) is 0 Å². The molecule has 9 heteroatoms. The van der Waals surface area contributed by atoms with Crippen LogP contribution in [0.1, 0.15) is 25.8 Å². The molecule has 1 fully saturated rings. The lowest BCUT2D eigenvalue weighted by molar-refractivity contribution is -0.143. The van der Waals surface area contributed by atoms with Gasteiger partial charge in [0.25, 0.3) is 5.91 Å². The quantitative estimate of drug-likeness (QED) is 0.581. The third-order valence-corrected chi connectivity index (χ3v) is 6.61. The number of amides is 3. The molecule has 3 amide bonds. The Hall–Kier alpha value is -3.72. The van der Waals surface area contributed by atoms with E-state index in [2.05, 4.69) is 10.4 Å². The number of hydrazone groups is 1. The smallest absolute Gasteiger partial charge is 0.256 e. The van der Waals surface area contributed by atoms with E-state index in [-0.39, 0.29) is 25.0 Å². The topological polar surface area (TPSA) is 117 Å². The number of piperidine rings is 1. The van der Waals surface area contributed by atoms with Crippen LogP contribution in [0.4, 0.5) is 0 Å². The summed E-state index contributed by atoms with van der Waals surface area (Å²) in [6.07, 6.45) is 0.907. The maximum Gasteiger partial charge on any atom is 0.256 e. The van der Waals surface area contributed by atoms with E-state index in [1.54, 1.807) is 37.9 Å². The highest BCUT2D eigenvalue weighted by molar-refractivity contribution is 6.13. The molecule has 0 aromatic heterocycles. The van der Waals surface area contributed by atoms with E-state index in [0.717, 1.165) is 11.3 Å².